The number of amides is 2. The van der Waals surface area contributed by atoms with Gasteiger partial charge in [-0.2, -0.15) is 0 Å². The Hall–Kier alpha value is -1.86. The number of rotatable bonds is 9. The van der Waals surface area contributed by atoms with E-state index in [4.69, 9.17) is 4.74 Å². The standard InChI is InChI=1S/C22H26Br2N2O3/c1-4-15(2)25-22(28)16(3)26(13-17-5-7-18(23)8-6-17)21(27)14-29-20-11-9-19(24)10-12-20/h5-12,15-16H,4,13-14H2,1-3H3,(H,25,28)/t15-,16+/m1/s1. The molecule has 156 valence electrons. The minimum atomic E-state index is -0.617. The Kier molecular flexibility index (Phi) is 9.17. The second-order valence-corrected chi connectivity index (χ2v) is 8.72. The molecule has 2 aromatic carbocycles. The average molecular weight is 526 g/mol. The lowest BCUT2D eigenvalue weighted by Gasteiger charge is -2.29. The van der Waals surface area contributed by atoms with Crippen LogP contribution < -0.4 is 10.1 Å². The zero-order valence-electron chi connectivity index (χ0n) is 16.8. The number of hydrogen-bond donors (Lipinski definition) is 1. The van der Waals surface area contributed by atoms with E-state index in [1.54, 1.807) is 24.0 Å². The van der Waals surface area contributed by atoms with Gasteiger partial charge in [0, 0.05) is 21.5 Å². The lowest BCUT2D eigenvalue weighted by molar-refractivity contribution is -0.142. The highest BCUT2D eigenvalue weighted by atomic mass is 79.9. The summed E-state index contributed by atoms with van der Waals surface area (Å²) in [7, 11) is 0. The van der Waals surface area contributed by atoms with Crippen molar-refractivity contribution in [3.05, 3.63) is 63.0 Å². The van der Waals surface area contributed by atoms with E-state index in [9.17, 15) is 9.59 Å². The van der Waals surface area contributed by atoms with Crippen LogP contribution in [0.4, 0.5) is 0 Å². The average Bonchev–Trinajstić information content (AvgIpc) is 2.72. The van der Waals surface area contributed by atoms with Crippen molar-refractivity contribution >= 4 is 43.7 Å². The lowest BCUT2D eigenvalue weighted by Crippen LogP contribution is -2.50. The molecule has 2 amide bonds. The minimum Gasteiger partial charge on any atom is -0.484 e. The normalized spacial score (nSPS) is 12.7. The molecule has 0 saturated carbocycles. The molecule has 0 heterocycles. The van der Waals surface area contributed by atoms with Crippen molar-refractivity contribution < 1.29 is 14.3 Å². The van der Waals surface area contributed by atoms with Crippen LogP contribution in [-0.4, -0.2) is 35.4 Å². The van der Waals surface area contributed by atoms with Gasteiger partial charge in [0.15, 0.2) is 6.61 Å². The van der Waals surface area contributed by atoms with Gasteiger partial charge in [-0.3, -0.25) is 9.59 Å². The van der Waals surface area contributed by atoms with Crippen LogP contribution in [-0.2, 0) is 16.1 Å². The summed E-state index contributed by atoms with van der Waals surface area (Å²) in [4.78, 5) is 27.2. The molecule has 5 nitrogen and oxygen atoms in total. The molecule has 0 aliphatic heterocycles. The van der Waals surface area contributed by atoms with E-state index < -0.39 is 6.04 Å². The Bertz CT molecular complexity index is 810. The first kappa shape index (κ1) is 23.4. The van der Waals surface area contributed by atoms with Gasteiger partial charge < -0.3 is 15.0 Å². The van der Waals surface area contributed by atoms with E-state index in [1.165, 1.54) is 0 Å². The summed E-state index contributed by atoms with van der Waals surface area (Å²) in [6.07, 6.45) is 0.825. The van der Waals surface area contributed by atoms with Gasteiger partial charge >= 0.3 is 0 Å². The molecular weight excluding hydrogens is 500 g/mol. The molecule has 0 saturated heterocycles. The van der Waals surface area contributed by atoms with Gasteiger partial charge in [-0.15, -0.1) is 0 Å². The van der Waals surface area contributed by atoms with E-state index in [0.29, 0.717) is 12.3 Å². The van der Waals surface area contributed by atoms with E-state index in [1.807, 2.05) is 50.2 Å². The number of hydrogen-bond acceptors (Lipinski definition) is 3. The Morgan fingerprint density at radius 3 is 2.10 bits per heavy atom. The summed E-state index contributed by atoms with van der Waals surface area (Å²) < 4.78 is 7.53. The fourth-order valence-electron chi connectivity index (χ4n) is 2.59. The maximum atomic E-state index is 13.0. The summed E-state index contributed by atoms with van der Waals surface area (Å²) in [5.41, 5.74) is 0.938. The fraction of sp³-hybridized carbons (Fsp3) is 0.364. The Labute approximate surface area is 189 Å². The first-order chi connectivity index (χ1) is 13.8. The van der Waals surface area contributed by atoms with Gasteiger partial charge in [-0.05, 0) is 62.2 Å². The third-order valence-electron chi connectivity index (χ3n) is 4.61. The summed E-state index contributed by atoms with van der Waals surface area (Å²) in [5.74, 6) is 0.179. The van der Waals surface area contributed by atoms with Crippen molar-refractivity contribution in [3.63, 3.8) is 0 Å². The highest BCUT2D eigenvalue weighted by Gasteiger charge is 2.27. The Morgan fingerprint density at radius 2 is 1.55 bits per heavy atom. The molecule has 0 fully saturated rings. The van der Waals surface area contributed by atoms with Crippen LogP contribution >= 0.6 is 31.9 Å². The van der Waals surface area contributed by atoms with Crippen molar-refractivity contribution in [1.82, 2.24) is 10.2 Å². The quantitative estimate of drug-likeness (QED) is 0.505. The molecule has 0 aliphatic rings. The maximum Gasteiger partial charge on any atom is 0.261 e. The van der Waals surface area contributed by atoms with Crippen LogP contribution in [0.3, 0.4) is 0 Å². The van der Waals surface area contributed by atoms with Crippen molar-refractivity contribution in [2.45, 2.75) is 45.8 Å². The van der Waals surface area contributed by atoms with Crippen molar-refractivity contribution in [1.29, 1.82) is 0 Å². The van der Waals surface area contributed by atoms with Crippen LogP contribution in [0.25, 0.3) is 0 Å². The molecule has 29 heavy (non-hydrogen) atoms. The number of nitrogens with one attached hydrogen (secondary N) is 1. The van der Waals surface area contributed by atoms with Gasteiger partial charge in [-0.25, -0.2) is 0 Å². The summed E-state index contributed by atoms with van der Waals surface area (Å²) in [5, 5.41) is 2.95. The second-order valence-electron chi connectivity index (χ2n) is 6.88. The Morgan fingerprint density at radius 1 is 1.00 bits per heavy atom. The van der Waals surface area contributed by atoms with Gasteiger partial charge in [-0.1, -0.05) is 50.9 Å². The van der Waals surface area contributed by atoms with Crippen molar-refractivity contribution in [2.75, 3.05) is 6.61 Å². The number of ether oxygens (including phenoxy) is 1. The van der Waals surface area contributed by atoms with Crippen LogP contribution in [0.5, 0.6) is 5.75 Å². The zero-order valence-corrected chi connectivity index (χ0v) is 20.0. The predicted octanol–water partition coefficient (Wildman–Crippen LogP) is 4.92. The number of carbonyl (C=O) groups excluding carboxylic acids is 2. The monoisotopic (exact) mass is 524 g/mol. The molecular formula is C22H26Br2N2O3. The van der Waals surface area contributed by atoms with Crippen molar-refractivity contribution in [2.24, 2.45) is 0 Å². The number of carbonyl (C=O) groups is 2. The predicted molar refractivity (Wildman–Crippen MR) is 122 cm³/mol. The third kappa shape index (κ3) is 7.48. The van der Waals surface area contributed by atoms with E-state index in [-0.39, 0.29) is 24.5 Å². The minimum absolute atomic E-state index is 0.0496. The second kappa shape index (κ2) is 11.4. The lowest BCUT2D eigenvalue weighted by atomic mass is 10.1. The first-order valence-corrected chi connectivity index (χ1v) is 11.1. The van der Waals surface area contributed by atoms with Crippen LogP contribution in [0.15, 0.2) is 57.5 Å². The van der Waals surface area contributed by atoms with Gasteiger partial charge in [0.05, 0.1) is 0 Å². The molecule has 0 radical (unpaired) electrons. The molecule has 7 heteroatoms. The van der Waals surface area contributed by atoms with Crippen molar-refractivity contribution in [3.8, 4) is 5.75 Å². The highest BCUT2D eigenvalue weighted by molar-refractivity contribution is 9.10. The topological polar surface area (TPSA) is 58.6 Å². The summed E-state index contributed by atoms with van der Waals surface area (Å²) in [6, 6.07) is 14.4. The molecule has 0 aliphatic carbocycles. The van der Waals surface area contributed by atoms with Gasteiger partial charge in [0.2, 0.25) is 5.91 Å². The molecule has 2 rings (SSSR count). The third-order valence-corrected chi connectivity index (χ3v) is 5.67. The molecule has 0 spiro atoms. The fourth-order valence-corrected chi connectivity index (χ4v) is 3.12. The molecule has 0 unspecified atom stereocenters. The molecule has 0 bridgehead atoms. The van der Waals surface area contributed by atoms with Crippen LogP contribution in [0.2, 0.25) is 0 Å². The summed E-state index contributed by atoms with van der Waals surface area (Å²) in [6.45, 7) is 5.88. The largest absolute Gasteiger partial charge is 0.484 e. The van der Waals surface area contributed by atoms with Crippen LogP contribution in [0.1, 0.15) is 32.8 Å². The maximum absolute atomic E-state index is 13.0. The Balaban J connectivity index is 2.13. The number of benzene rings is 2. The van der Waals surface area contributed by atoms with Gasteiger partial charge in [0.1, 0.15) is 11.8 Å². The molecule has 2 atom stereocenters. The molecule has 1 N–H and O–H groups in total. The molecule has 0 aromatic heterocycles. The smallest absolute Gasteiger partial charge is 0.261 e. The van der Waals surface area contributed by atoms with Gasteiger partial charge in [0.25, 0.3) is 5.91 Å². The SMILES string of the molecule is CC[C@@H](C)NC(=O)[C@H](C)N(Cc1ccc(Br)cc1)C(=O)COc1ccc(Br)cc1. The number of halogens is 2. The van der Waals surface area contributed by atoms with Crippen LogP contribution in [0, 0.1) is 0 Å². The summed E-state index contributed by atoms with van der Waals surface area (Å²) >= 11 is 6.79. The molecule has 2 aromatic rings. The van der Waals surface area contributed by atoms with E-state index in [2.05, 4.69) is 37.2 Å². The highest BCUT2D eigenvalue weighted by Crippen LogP contribution is 2.17. The van der Waals surface area contributed by atoms with E-state index >= 15 is 0 Å². The van der Waals surface area contributed by atoms with E-state index in [0.717, 1.165) is 20.9 Å². The zero-order chi connectivity index (χ0) is 21.4. The number of nitrogens with zero attached hydrogens (tertiary/aromatic N) is 1. The first-order valence-electron chi connectivity index (χ1n) is 9.52.